The van der Waals surface area contributed by atoms with E-state index in [2.05, 4.69) is 27.4 Å². The van der Waals surface area contributed by atoms with E-state index >= 15 is 0 Å². The van der Waals surface area contributed by atoms with E-state index in [1.54, 1.807) is 0 Å². The predicted octanol–water partition coefficient (Wildman–Crippen LogP) is 1.22. The van der Waals surface area contributed by atoms with Gasteiger partial charge in [0.25, 0.3) is 0 Å². The summed E-state index contributed by atoms with van der Waals surface area (Å²) in [5.41, 5.74) is 0. The summed E-state index contributed by atoms with van der Waals surface area (Å²) in [6, 6.07) is 0.649. The smallest absolute Gasteiger partial charge is 0.191 e. The Morgan fingerprint density at radius 2 is 2.09 bits per heavy atom. The van der Waals surface area contributed by atoms with Crippen molar-refractivity contribution in [1.29, 1.82) is 0 Å². The summed E-state index contributed by atoms with van der Waals surface area (Å²) >= 11 is 0. The second-order valence-electron chi connectivity index (χ2n) is 6.34. The lowest BCUT2D eigenvalue weighted by molar-refractivity contribution is -0.0320. The Balaban J connectivity index is 1.52. The molecule has 1 unspecified atom stereocenters. The highest BCUT2D eigenvalue weighted by molar-refractivity contribution is 5.79. The van der Waals surface area contributed by atoms with Crippen LogP contribution < -0.4 is 10.6 Å². The van der Waals surface area contributed by atoms with Gasteiger partial charge >= 0.3 is 0 Å². The normalized spacial score (nSPS) is 24.1. The molecule has 0 bridgehead atoms. The zero-order chi connectivity index (χ0) is 16.3. The number of guanidine groups is 1. The Morgan fingerprint density at radius 3 is 2.83 bits per heavy atom. The lowest BCUT2D eigenvalue weighted by atomic mass is 10.1. The molecular weight excluding hydrogens is 292 g/mol. The van der Waals surface area contributed by atoms with E-state index in [0.29, 0.717) is 12.1 Å². The predicted molar refractivity (Wildman–Crippen MR) is 94.0 cm³/mol. The Morgan fingerprint density at radius 1 is 1.26 bits per heavy atom. The molecule has 0 aromatic rings. The van der Waals surface area contributed by atoms with Crippen molar-refractivity contribution in [3.05, 3.63) is 0 Å². The van der Waals surface area contributed by atoms with E-state index in [1.807, 2.05) is 7.05 Å². The van der Waals surface area contributed by atoms with Crippen LogP contribution in [0.4, 0.5) is 0 Å². The van der Waals surface area contributed by atoms with E-state index in [4.69, 9.17) is 9.47 Å². The van der Waals surface area contributed by atoms with Crippen LogP contribution in [0.1, 0.15) is 39.0 Å². The molecule has 2 saturated heterocycles. The van der Waals surface area contributed by atoms with Gasteiger partial charge in [0.15, 0.2) is 5.96 Å². The third kappa shape index (κ3) is 6.65. The maximum Gasteiger partial charge on any atom is 0.191 e. The van der Waals surface area contributed by atoms with Crippen LogP contribution in [0.15, 0.2) is 4.99 Å². The number of nitrogens with zero attached hydrogens (tertiary/aromatic N) is 2. The van der Waals surface area contributed by atoms with Gasteiger partial charge in [0, 0.05) is 46.0 Å². The minimum Gasteiger partial charge on any atom is -0.381 e. The minimum atomic E-state index is 0.392. The van der Waals surface area contributed by atoms with Gasteiger partial charge < -0.3 is 20.1 Å². The van der Waals surface area contributed by atoms with E-state index in [-0.39, 0.29) is 0 Å². The van der Waals surface area contributed by atoms with Gasteiger partial charge in [-0.3, -0.25) is 9.89 Å². The average Bonchev–Trinajstić information content (AvgIpc) is 3.06. The molecule has 6 nitrogen and oxygen atoms in total. The lowest BCUT2D eigenvalue weighted by Gasteiger charge is -2.24. The first-order valence-electron chi connectivity index (χ1n) is 9.21. The highest BCUT2D eigenvalue weighted by atomic mass is 16.5. The number of rotatable bonds is 8. The number of hydrogen-bond donors (Lipinski definition) is 2. The molecule has 0 aromatic heterocycles. The third-order valence-electron chi connectivity index (χ3n) is 4.77. The number of nitrogens with one attached hydrogen (secondary N) is 2. The maximum absolute atomic E-state index is 5.88. The van der Waals surface area contributed by atoms with Crippen molar-refractivity contribution >= 4 is 5.96 Å². The van der Waals surface area contributed by atoms with Gasteiger partial charge in [-0.2, -0.15) is 0 Å². The van der Waals surface area contributed by atoms with Crippen LogP contribution in [0.5, 0.6) is 0 Å². The Hall–Kier alpha value is -0.850. The molecule has 0 amide bonds. The summed E-state index contributed by atoms with van der Waals surface area (Å²) < 4.78 is 11.2. The Bertz CT molecular complexity index is 345. The molecule has 0 saturated carbocycles. The quantitative estimate of drug-likeness (QED) is 0.399. The summed E-state index contributed by atoms with van der Waals surface area (Å²) in [5.74, 6) is 0.902. The molecule has 23 heavy (non-hydrogen) atoms. The Kier molecular flexibility index (Phi) is 8.71. The first-order chi connectivity index (χ1) is 11.3. The van der Waals surface area contributed by atoms with Crippen LogP contribution in [0.25, 0.3) is 0 Å². The first kappa shape index (κ1) is 18.5. The molecule has 6 heteroatoms. The standard InChI is InChI=1S/C17H34N4O2/c1-3-21-10-4-6-15(21)14-20-17(18-2)19-9-5-11-23-16-7-12-22-13-8-16/h15-16H,3-14H2,1-2H3,(H2,18,19,20). The minimum absolute atomic E-state index is 0.392. The number of aliphatic imine (C=N–C) groups is 1. The van der Waals surface area contributed by atoms with Crippen molar-refractivity contribution in [2.45, 2.75) is 51.2 Å². The van der Waals surface area contributed by atoms with Crippen LogP contribution in [0.3, 0.4) is 0 Å². The fourth-order valence-electron chi connectivity index (χ4n) is 3.35. The van der Waals surface area contributed by atoms with Crippen LogP contribution in [0, 0.1) is 0 Å². The average molecular weight is 326 g/mol. The molecule has 0 radical (unpaired) electrons. The topological polar surface area (TPSA) is 58.1 Å². The fourth-order valence-corrected chi connectivity index (χ4v) is 3.35. The number of likely N-dealkylation sites (tertiary alicyclic amines) is 1. The Labute approximate surface area is 141 Å². The first-order valence-corrected chi connectivity index (χ1v) is 9.21. The van der Waals surface area contributed by atoms with E-state index in [0.717, 1.165) is 64.7 Å². The van der Waals surface area contributed by atoms with Crippen molar-refractivity contribution in [3.8, 4) is 0 Å². The molecule has 0 aromatic carbocycles. The molecule has 2 fully saturated rings. The highest BCUT2D eigenvalue weighted by Gasteiger charge is 2.22. The molecule has 134 valence electrons. The third-order valence-corrected chi connectivity index (χ3v) is 4.77. The van der Waals surface area contributed by atoms with Crippen molar-refractivity contribution in [3.63, 3.8) is 0 Å². The van der Waals surface area contributed by atoms with Crippen molar-refractivity contribution in [1.82, 2.24) is 15.5 Å². The molecule has 0 aliphatic carbocycles. The molecule has 2 heterocycles. The number of hydrogen-bond acceptors (Lipinski definition) is 4. The summed E-state index contributed by atoms with van der Waals surface area (Å²) in [5, 5.41) is 6.84. The number of likely N-dealkylation sites (N-methyl/N-ethyl adjacent to an activating group) is 1. The van der Waals surface area contributed by atoms with Crippen molar-refractivity contribution in [2.75, 3.05) is 53.0 Å². The monoisotopic (exact) mass is 326 g/mol. The summed E-state index contributed by atoms with van der Waals surface area (Å²) in [6.45, 7) is 8.98. The second-order valence-corrected chi connectivity index (χ2v) is 6.34. The van der Waals surface area contributed by atoms with Gasteiger partial charge in [0.2, 0.25) is 0 Å². The molecule has 2 aliphatic rings. The molecule has 2 rings (SSSR count). The molecular formula is C17H34N4O2. The summed E-state index contributed by atoms with van der Waals surface area (Å²) in [4.78, 5) is 6.85. The van der Waals surface area contributed by atoms with Gasteiger partial charge in [-0.1, -0.05) is 6.92 Å². The van der Waals surface area contributed by atoms with E-state index in [1.165, 1.54) is 19.4 Å². The second kappa shape index (κ2) is 10.8. The van der Waals surface area contributed by atoms with Crippen LogP contribution >= 0.6 is 0 Å². The zero-order valence-corrected chi connectivity index (χ0v) is 14.9. The largest absolute Gasteiger partial charge is 0.381 e. The van der Waals surface area contributed by atoms with Crippen LogP contribution in [-0.4, -0.2) is 76.1 Å². The van der Waals surface area contributed by atoms with Gasteiger partial charge in [-0.25, -0.2) is 0 Å². The zero-order valence-electron chi connectivity index (χ0n) is 14.9. The maximum atomic E-state index is 5.88. The molecule has 2 N–H and O–H groups in total. The van der Waals surface area contributed by atoms with Gasteiger partial charge in [-0.05, 0) is 45.2 Å². The SMILES string of the molecule is CCN1CCCC1CNC(=NC)NCCCOC1CCOCC1. The van der Waals surface area contributed by atoms with E-state index in [9.17, 15) is 0 Å². The fraction of sp³-hybridized carbons (Fsp3) is 0.941. The van der Waals surface area contributed by atoms with Gasteiger partial charge in [0.1, 0.15) is 0 Å². The highest BCUT2D eigenvalue weighted by Crippen LogP contribution is 2.15. The lowest BCUT2D eigenvalue weighted by Crippen LogP contribution is -2.45. The van der Waals surface area contributed by atoms with Crippen LogP contribution in [-0.2, 0) is 9.47 Å². The molecule has 2 aliphatic heterocycles. The van der Waals surface area contributed by atoms with Crippen molar-refractivity contribution in [2.24, 2.45) is 4.99 Å². The van der Waals surface area contributed by atoms with Gasteiger partial charge in [0.05, 0.1) is 6.10 Å². The van der Waals surface area contributed by atoms with Crippen LogP contribution in [0.2, 0.25) is 0 Å². The summed E-state index contributed by atoms with van der Waals surface area (Å²) in [7, 11) is 1.83. The summed E-state index contributed by atoms with van der Waals surface area (Å²) in [6.07, 6.45) is 6.07. The van der Waals surface area contributed by atoms with Crippen molar-refractivity contribution < 1.29 is 9.47 Å². The number of ether oxygens (including phenoxy) is 2. The van der Waals surface area contributed by atoms with E-state index < -0.39 is 0 Å². The molecule has 0 spiro atoms. The van der Waals surface area contributed by atoms with Gasteiger partial charge in [-0.15, -0.1) is 0 Å². The molecule has 1 atom stereocenters.